The fourth-order valence-electron chi connectivity index (χ4n) is 3.78. The molecule has 32 heavy (non-hydrogen) atoms. The Hall–Kier alpha value is -3.02. The Balaban J connectivity index is 1.53. The number of nitrogens with zero attached hydrogens (tertiary/aromatic N) is 3. The lowest BCUT2D eigenvalue weighted by molar-refractivity contribution is -0.647. The highest BCUT2D eigenvalue weighted by Gasteiger charge is 2.24. The number of anilines is 1. The van der Waals surface area contributed by atoms with Crippen LogP contribution in [0.4, 0.5) is 5.69 Å². The standard InChI is InChI=1S/C27H24N3S2/c1-20-17-22(18-26-29(2)24-15-9-10-16-25(24)32-26)28-27(30(20)23-13-7-4-8-14-23)31-19-21-11-5-3-6-12-21/h3-18H,19H2,1-2H3/q+1. The molecular formula is C27H24N3S2+. The second kappa shape index (κ2) is 9.23. The zero-order valence-electron chi connectivity index (χ0n) is 18.1. The Morgan fingerprint density at radius 3 is 2.38 bits per heavy atom. The second-order valence-electron chi connectivity index (χ2n) is 7.66. The van der Waals surface area contributed by atoms with Crippen LogP contribution in [-0.4, -0.2) is 12.0 Å². The largest absolute Gasteiger partial charge is 0.365 e. The summed E-state index contributed by atoms with van der Waals surface area (Å²) in [6, 6.07) is 31.7. The van der Waals surface area contributed by atoms with Crippen LogP contribution in [0.2, 0.25) is 0 Å². The monoisotopic (exact) mass is 454 g/mol. The number of fused-ring (bicyclic) bond motifs is 1. The first-order valence-electron chi connectivity index (χ1n) is 10.6. The maximum absolute atomic E-state index is 5.10. The van der Waals surface area contributed by atoms with Gasteiger partial charge in [0.2, 0.25) is 0 Å². The fraction of sp³-hybridized carbons (Fsp3) is 0.111. The van der Waals surface area contributed by atoms with E-state index in [2.05, 4.69) is 114 Å². The fourth-order valence-corrected chi connectivity index (χ4v) is 5.91. The topological polar surface area (TPSA) is 20.0 Å². The lowest BCUT2D eigenvalue weighted by Crippen LogP contribution is -2.38. The molecule has 0 atom stereocenters. The Morgan fingerprint density at radius 2 is 1.62 bits per heavy atom. The van der Waals surface area contributed by atoms with Crippen molar-refractivity contribution in [1.82, 2.24) is 4.98 Å². The average molecular weight is 455 g/mol. The van der Waals surface area contributed by atoms with Crippen LogP contribution in [0.5, 0.6) is 0 Å². The maximum atomic E-state index is 5.10. The van der Waals surface area contributed by atoms with Crippen LogP contribution in [0.1, 0.15) is 17.0 Å². The summed E-state index contributed by atoms with van der Waals surface area (Å²) in [6.45, 7) is 2.16. The Kier molecular flexibility index (Phi) is 6.02. The number of rotatable bonds is 5. The van der Waals surface area contributed by atoms with E-state index in [0.717, 1.165) is 28.0 Å². The van der Waals surface area contributed by atoms with Crippen LogP contribution in [0.15, 0.2) is 106 Å². The Morgan fingerprint density at radius 1 is 0.938 bits per heavy atom. The maximum Gasteiger partial charge on any atom is 0.365 e. The van der Waals surface area contributed by atoms with Gasteiger partial charge in [0.25, 0.3) is 0 Å². The van der Waals surface area contributed by atoms with Crippen LogP contribution in [0.25, 0.3) is 11.8 Å². The van der Waals surface area contributed by atoms with E-state index in [9.17, 15) is 0 Å². The molecule has 1 aromatic heterocycles. The average Bonchev–Trinajstić information content (AvgIpc) is 3.14. The first kappa shape index (κ1) is 20.9. The van der Waals surface area contributed by atoms with Gasteiger partial charge in [0, 0.05) is 29.8 Å². The molecule has 5 rings (SSSR count). The third-order valence-corrected chi connectivity index (χ3v) is 7.57. The SMILES string of the molecule is Cc1cc(/C=C2\Sc3ccccc3N2C)nc(SCc2ccccc2)[n+]1-c1ccccc1. The van der Waals surface area contributed by atoms with Crippen molar-refractivity contribution in [2.75, 3.05) is 11.9 Å². The number of hydrogen-bond donors (Lipinski definition) is 0. The van der Waals surface area contributed by atoms with Crippen molar-refractivity contribution in [3.8, 4) is 5.69 Å². The lowest BCUT2D eigenvalue weighted by Gasteiger charge is -2.13. The summed E-state index contributed by atoms with van der Waals surface area (Å²) >= 11 is 3.57. The van der Waals surface area contributed by atoms with Gasteiger partial charge in [0.15, 0.2) is 5.69 Å². The molecule has 5 heteroatoms. The number of para-hydroxylation sites is 2. The quantitative estimate of drug-likeness (QED) is 0.195. The molecule has 1 aliphatic heterocycles. The summed E-state index contributed by atoms with van der Waals surface area (Å²) in [6.07, 6.45) is 2.19. The molecule has 1 aliphatic rings. The second-order valence-corrected chi connectivity index (χ2v) is 9.67. The molecule has 0 N–H and O–H groups in total. The molecule has 2 heterocycles. The van der Waals surface area contributed by atoms with Crippen LogP contribution in [0.3, 0.4) is 0 Å². The molecule has 0 bridgehead atoms. The van der Waals surface area contributed by atoms with E-state index in [1.165, 1.54) is 21.2 Å². The van der Waals surface area contributed by atoms with E-state index in [-0.39, 0.29) is 0 Å². The molecule has 158 valence electrons. The molecule has 3 nitrogen and oxygen atoms in total. The summed E-state index contributed by atoms with van der Waals surface area (Å²) in [5, 5.41) is 2.18. The summed E-state index contributed by atoms with van der Waals surface area (Å²) in [5.74, 6) is 0.875. The van der Waals surface area contributed by atoms with Gasteiger partial charge in [-0.2, -0.15) is 4.57 Å². The molecule has 0 spiro atoms. The van der Waals surface area contributed by atoms with Gasteiger partial charge in [0.1, 0.15) is 11.4 Å². The predicted octanol–water partition coefficient (Wildman–Crippen LogP) is 6.50. The molecule has 0 saturated carbocycles. The summed E-state index contributed by atoms with van der Waals surface area (Å²) < 4.78 is 2.25. The van der Waals surface area contributed by atoms with Gasteiger partial charge in [-0.1, -0.05) is 72.4 Å². The van der Waals surface area contributed by atoms with Gasteiger partial charge >= 0.3 is 5.16 Å². The number of benzene rings is 3. The van der Waals surface area contributed by atoms with Gasteiger partial charge in [-0.05, 0) is 53.5 Å². The van der Waals surface area contributed by atoms with Crippen LogP contribution in [0, 0.1) is 6.92 Å². The van der Waals surface area contributed by atoms with Gasteiger partial charge < -0.3 is 4.90 Å². The van der Waals surface area contributed by atoms with Crippen molar-refractivity contribution in [2.45, 2.75) is 22.7 Å². The molecule has 4 aromatic rings. The summed E-state index contributed by atoms with van der Waals surface area (Å²) in [5.41, 5.74) is 5.81. The molecule has 0 radical (unpaired) electrons. The highest BCUT2D eigenvalue weighted by atomic mass is 32.2. The zero-order valence-corrected chi connectivity index (χ0v) is 19.7. The van der Waals surface area contributed by atoms with Crippen molar-refractivity contribution in [1.29, 1.82) is 0 Å². The van der Waals surface area contributed by atoms with E-state index in [1.807, 2.05) is 6.07 Å². The van der Waals surface area contributed by atoms with Gasteiger partial charge in [-0.25, -0.2) is 0 Å². The van der Waals surface area contributed by atoms with Crippen molar-refractivity contribution >= 4 is 35.3 Å². The lowest BCUT2D eigenvalue weighted by atomic mass is 10.2. The molecule has 0 saturated heterocycles. The minimum absolute atomic E-state index is 0.875. The van der Waals surface area contributed by atoms with Crippen LogP contribution in [-0.2, 0) is 5.75 Å². The third kappa shape index (κ3) is 4.31. The predicted molar refractivity (Wildman–Crippen MR) is 135 cm³/mol. The highest BCUT2D eigenvalue weighted by molar-refractivity contribution is 8.03. The first-order chi connectivity index (χ1) is 15.7. The van der Waals surface area contributed by atoms with Crippen LogP contribution >= 0.6 is 23.5 Å². The number of thioether (sulfide) groups is 2. The summed E-state index contributed by atoms with van der Waals surface area (Å²) in [4.78, 5) is 8.62. The Bertz CT molecular complexity index is 1270. The van der Waals surface area contributed by atoms with Crippen LogP contribution < -0.4 is 9.47 Å². The van der Waals surface area contributed by atoms with Crippen molar-refractivity contribution < 1.29 is 4.57 Å². The number of hydrogen-bond acceptors (Lipinski definition) is 4. The van der Waals surface area contributed by atoms with Crippen molar-refractivity contribution in [3.63, 3.8) is 0 Å². The van der Waals surface area contributed by atoms with E-state index < -0.39 is 0 Å². The molecule has 0 aliphatic carbocycles. The van der Waals surface area contributed by atoms with Gasteiger partial charge in [-0.3, -0.25) is 0 Å². The summed E-state index contributed by atoms with van der Waals surface area (Å²) in [7, 11) is 2.12. The molecular weight excluding hydrogens is 430 g/mol. The zero-order chi connectivity index (χ0) is 21.9. The van der Waals surface area contributed by atoms with Gasteiger partial charge in [0.05, 0.1) is 10.7 Å². The minimum Gasteiger partial charge on any atom is -0.338 e. The normalized spacial score (nSPS) is 14.1. The third-order valence-electron chi connectivity index (χ3n) is 5.39. The molecule has 0 fully saturated rings. The smallest absolute Gasteiger partial charge is 0.338 e. The van der Waals surface area contributed by atoms with Crippen molar-refractivity contribution in [3.05, 3.63) is 113 Å². The molecule has 0 unspecified atom stereocenters. The Labute approximate surface area is 197 Å². The number of aromatic nitrogens is 2. The first-order valence-corrected chi connectivity index (χ1v) is 12.4. The number of aryl methyl sites for hydroxylation is 1. The van der Waals surface area contributed by atoms with E-state index in [0.29, 0.717) is 0 Å². The van der Waals surface area contributed by atoms with E-state index >= 15 is 0 Å². The van der Waals surface area contributed by atoms with Crippen molar-refractivity contribution in [2.24, 2.45) is 0 Å². The molecule has 3 aromatic carbocycles. The van der Waals surface area contributed by atoms with Gasteiger partial charge in [-0.15, -0.1) is 0 Å². The molecule has 0 amide bonds. The van der Waals surface area contributed by atoms with E-state index in [4.69, 9.17) is 4.98 Å². The minimum atomic E-state index is 0.875. The van der Waals surface area contributed by atoms with E-state index in [1.54, 1.807) is 23.5 Å². The highest BCUT2D eigenvalue weighted by Crippen LogP contribution is 2.45.